The molecule has 4 aliphatic carbocycles. The van der Waals surface area contributed by atoms with Crippen molar-refractivity contribution in [1.29, 1.82) is 0 Å². The van der Waals surface area contributed by atoms with Gasteiger partial charge in [0, 0.05) is 0 Å². The van der Waals surface area contributed by atoms with Crippen LogP contribution in [0.5, 0.6) is 0 Å². The van der Waals surface area contributed by atoms with E-state index in [1.54, 1.807) is 0 Å². The van der Waals surface area contributed by atoms with Crippen LogP contribution in [0.1, 0.15) is 69.1 Å². The van der Waals surface area contributed by atoms with Crippen molar-refractivity contribution in [2.24, 2.45) is 17.8 Å². The first kappa shape index (κ1) is 21.5. The normalized spacial score (nSPS) is 32.0. The summed E-state index contributed by atoms with van der Waals surface area (Å²) in [5.74, 6) is 2.87. The molecule has 4 aliphatic rings. The van der Waals surface area contributed by atoms with E-state index >= 15 is 0 Å². The number of hydrogen-bond acceptors (Lipinski definition) is 0. The Labute approximate surface area is 168 Å². The van der Waals surface area contributed by atoms with E-state index < -0.39 is 0 Å². The third-order valence-corrected chi connectivity index (χ3v) is 11.1. The van der Waals surface area contributed by atoms with Crippen molar-refractivity contribution in [2.45, 2.75) is 90.8 Å². The Hall–Kier alpha value is 0.241. The SMILES string of the molecule is CC(C)[Si](C)=[Ti+2].Cc1cc[c-](C)c1C.[NH-]C12CC3CC(CC(C3)C1)C2. The molecule has 0 spiro atoms. The van der Waals surface area contributed by atoms with Gasteiger partial charge in [-0.2, -0.15) is 22.8 Å². The van der Waals surface area contributed by atoms with Crippen LogP contribution in [0, 0.1) is 38.5 Å². The molecular formula is C22H37NSiTi. The molecule has 1 N–H and O–H groups in total. The van der Waals surface area contributed by atoms with Crippen LogP contribution in [0.4, 0.5) is 0 Å². The van der Waals surface area contributed by atoms with Crippen LogP contribution in [0.2, 0.25) is 12.1 Å². The van der Waals surface area contributed by atoms with Gasteiger partial charge in [0.2, 0.25) is 0 Å². The number of hydrogen-bond donors (Lipinski definition) is 0. The van der Waals surface area contributed by atoms with Crippen molar-refractivity contribution in [3.63, 3.8) is 0 Å². The Morgan fingerprint density at radius 1 is 1.12 bits per heavy atom. The van der Waals surface area contributed by atoms with Crippen LogP contribution in [0.25, 0.3) is 5.73 Å². The number of aryl methyl sites for hydroxylation is 2. The minimum atomic E-state index is 0.0484. The molecule has 1 aromatic rings. The van der Waals surface area contributed by atoms with Crippen molar-refractivity contribution < 1.29 is 19.2 Å². The third kappa shape index (κ3) is 6.13. The first-order valence-corrected chi connectivity index (χ1v) is 14.5. The van der Waals surface area contributed by atoms with E-state index in [-0.39, 0.29) is 11.7 Å². The van der Waals surface area contributed by atoms with Gasteiger partial charge >= 0.3 is 51.3 Å². The smallest absolute Gasteiger partial charge is 0.0420 e. The van der Waals surface area contributed by atoms with Crippen molar-refractivity contribution in [3.8, 4) is 0 Å². The zero-order valence-electron chi connectivity index (χ0n) is 17.2. The molecule has 0 radical (unpaired) electrons. The Balaban J connectivity index is 0.000000144. The van der Waals surface area contributed by atoms with Gasteiger partial charge in [0.25, 0.3) is 0 Å². The molecule has 4 bridgehead atoms. The number of rotatable bonds is 1. The second-order valence-electron chi connectivity index (χ2n) is 9.36. The van der Waals surface area contributed by atoms with Crippen molar-refractivity contribution in [3.05, 3.63) is 34.6 Å². The summed E-state index contributed by atoms with van der Waals surface area (Å²) in [5, 5.41) is 0. The van der Waals surface area contributed by atoms with Gasteiger partial charge in [-0.15, -0.1) is 5.54 Å². The molecule has 25 heavy (non-hydrogen) atoms. The molecule has 1 nitrogen and oxygen atoms in total. The quantitative estimate of drug-likeness (QED) is 0.367. The average molecular weight is 391 g/mol. The largest absolute Gasteiger partial charge is 0.672 e. The van der Waals surface area contributed by atoms with Crippen LogP contribution >= 0.6 is 0 Å². The summed E-state index contributed by atoms with van der Waals surface area (Å²) in [7, 11) is 0. The molecule has 4 saturated carbocycles. The molecule has 0 atom stereocenters. The molecule has 0 heterocycles. The maximum atomic E-state index is 8.21. The summed E-state index contributed by atoms with van der Waals surface area (Å²) < 4.78 is 0. The topological polar surface area (TPSA) is 23.8 Å². The fourth-order valence-corrected chi connectivity index (χ4v) is 4.92. The van der Waals surface area contributed by atoms with E-state index in [4.69, 9.17) is 5.73 Å². The van der Waals surface area contributed by atoms with Crippen LogP contribution < -0.4 is 0 Å². The zero-order valence-corrected chi connectivity index (χ0v) is 19.8. The first-order chi connectivity index (χ1) is 11.6. The van der Waals surface area contributed by atoms with Gasteiger partial charge in [0.15, 0.2) is 0 Å². The van der Waals surface area contributed by atoms with Crippen LogP contribution in [-0.2, 0) is 19.2 Å². The summed E-state index contributed by atoms with van der Waals surface area (Å²) in [6.07, 6.45) is 8.16. The van der Waals surface area contributed by atoms with E-state index in [0.717, 1.165) is 23.3 Å². The van der Waals surface area contributed by atoms with E-state index in [9.17, 15) is 0 Å². The standard InChI is InChI=1S/C10H16N.C8H11.C4H10Si.Ti/c11-10-4-7-1-8(5-10)3-9(2-7)6-10;1-6-4-5-7(2)8(6)3;1-4(2)5-3;/h7-9,11H,1-6H2;4-5H,1-3H3;4H,1-3H3;/q2*-1;;+2. The average Bonchev–Trinajstić information content (AvgIpc) is 2.77. The Morgan fingerprint density at radius 3 is 1.68 bits per heavy atom. The second kappa shape index (κ2) is 8.95. The summed E-state index contributed by atoms with van der Waals surface area (Å²) >= 11 is 2.34. The molecule has 5 rings (SSSR count). The summed E-state index contributed by atoms with van der Waals surface area (Å²) in [4.78, 5) is 0. The maximum Gasteiger partial charge on any atom is -0.0420 e. The van der Waals surface area contributed by atoms with E-state index in [0.29, 0.717) is 0 Å². The fraction of sp³-hybridized carbons (Fsp3) is 0.773. The van der Waals surface area contributed by atoms with Crippen LogP contribution in [-0.4, -0.2) is 11.7 Å². The van der Waals surface area contributed by atoms with Gasteiger partial charge in [0.1, 0.15) is 0 Å². The molecule has 0 aliphatic heterocycles. The summed E-state index contributed by atoms with van der Waals surface area (Å²) in [6, 6.07) is 4.31. The molecule has 3 heteroatoms. The predicted octanol–water partition coefficient (Wildman–Crippen LogP) is 6.90. The number of nitrogens with one attached hydrogen (secondary N) is 1. The predicted molar refractivity (Wildman–Crippen MR) is 108 cm³/mol. The summed E-state index contributed by atoms with van der Waals surface area (Å²) in [6.45, 7) is 13.4. The minimum absolute atomic E-state index is 0.0484. The van der Waals surface area contributed by atoms with Crippen molar-refractivity contribution >= 4 is 6.19 Å². The van der Waals surface area contributed by atoms with Crippen molar-refractivity contribution in [2.75, 3.05) is 0 Å². The molecule has 1 aromatic carbocycles. The van der Waals surface area contributed by atoms with Crippen LogP contribution in [0.3, 0.4) is 0 Å². The van der Waals surface area contributed by atoms with Gasteiger partial charge in [-0.1, -0.05) is 40.0 Å². The van der Waals surface area contributed by atoms with E-state index in [2.05, 4.69) is 72.5 Å². The van der Waals surface area contributed by atoms with Gasteiger partial charge in [0.05, 0.1) is 0 Å². The van der Waals surface area contributed by atoms with Gasteiger partial charge in [-0.3, -0.25) is 0 Å². The molecule has 138 valence electrons. The molecule has 0 unspecified atom stereocenters. The molecule has 0 aromatic heterocycles. The van der Waals surface area contributed by atoms with E-state index in [1.165, 1.54) is 55.2 Å². The van der Waals surface area contributed by atoms with Crippen molar-refractivity contribution in [1.82, 2.24) is 0 Å². The van der Waals surface area contributed by atoms with Gasteiger partial charge in [-0.05, 0) is 37.0 Å². The fourth-order valence-electron chi connectivity index (χ4n) is 4.92. The molecule has 4 fully saturated rings. The molecular weight excluding hydrogens is 354 g/mol. The molecule has 0 saturated heterocycles. The summed E-state index contributed by atoms with van der Waals surface area (Å²) in [5.41, 5.74) is 13.5. The first-order valence-electron chi connectivity index (χ1n) is 10.1. The van der Waals surface area contributed by atoms with Gasteiger partial charge in [-0.25, -0.2) is 6.07 Å². The minimum Gasteiger partial charge on any atom is -0.672 e. The maximum absolute atomic E-state index is 8.21. The molecule has 0 amide bonds. The van der Waals surface area contributed by atoms with E-state index in [1.807, 2.05) is 0 Å². The van der Waals surface area contributed by atoms with Gasteiger partial charge < -0.3 is 5.73 Å². The monoisotopic (exact) mass is 391 g/mol. The second-order valence-corrected chi connectivity index (χ2v) is 15.6. The Kier molecular flexibility index (Phi) is 7.71. The Bertz CT molecular complexity index is 532. The zero-order chi connectivity index (χ0) is 18.8. The Morgan fingerprint density at radius 2 is 1.52 bits per heavy atom. The third-order valence-electron chi connectivity index (χ3n) is 6.67. The van der Waals surface area contributed by atoms with Crippen LogP contribution in [0.15, 0.2) is 12.1 Å².